The Morgan fingerprint density at radius 1 is 0.288 bits per heavy atom. The van der Waals surface area contributed by atoms with Crippen molar-refractivity contribution >= 4 is 32.7 Å². The molecule has 3 heterocycles. The van der Waals surface area contributed by atoms with Crippen molar-refractivity contribution in [2.45, 2.75) is 0 Å². The number of para-hydroxylation sites is 1. The van der Waals surface area contributed by atoms with Crippen LogP contribution < -0.4 is 0 Å². The smallest absolute Gasteiger partial charge is 0.164 e. The number of rotatable bonds is 7. The van der Waals surface area contributed by atoms with E-state index >= 15 is 0 Å². The summed E-state index contributed by atoms with van der Waals surface area (Å²) >= 11 is 0. The Kier molecular flexibility index (Phi) is 8.37. The molecule has 11 aromatic rings. The molecule has 276 valence electrons. The summed E-state index contributed by atoms with van der Waals surface area (Å²) in [4.78, 5) is 25.1. The summed E-state index contributed by atoms with van der Waals surface area (Å²) in [5.74, 6) is 2.77. The highest BCUT2D eigenvalue weighted by Crippen LogP contribution is 2.39. The van der Waals surface area contributed by atoms with Gasteiger partial charge in [-0.1, -0.05) is 176 Å². The van der Waals surface area contributed by atoms with Crippen molar-refractivity contribution < 1.29 is 0 Å². The second kappa shape index (κ2) is 14.4. The van der Waals surface area contributed by atoms with E-state index in [4.69, 9.17) is 24.9 Å². The molecule has 8 aromatic carbocycles. The van der Waals surface area contributed by atoms with E-state index in [1.807, 2.05) is 54.7 Å². The molecule has 0 atom stereocenters. The molecule has 0 saturated carbocycles. The Hall–Kier alpha value is -8.09. The summed E-state index contributed by atoms with van der Waals surface area (Å²) in [5, 5.41) is 3.27. The molecule has 11 rings (SSSR count). The Morgan fingerprint density at radius 2 is 0.695 bits per heavy atom. The van der Waals surface area contributed by atoms with E-state index in [2.05, 4.69) is 156 Å². The Bertz CT molecular complexity index is 3270. The first kappa shape index (κ1) is 34.2. The molecule has 6 heteroatoms. The van der Waals surface area contributed by atoms with Gasteiger partial charge in [-0.2, -0.15) is 0 Å². The fourth-order valence-corrected chi connectivity index (χ4v) is 8.00. The Balaban J connectivity index is 0.959. The maximum absolute atomic E-state index is 5.37. The van der Waals surface area contributed by atoms with Gasteiger partial charge in [-0.15, -0.1) is 0 Å². The first-order valence-corrected chi connectivity index (χ1v) is 19.7. The predicted molar refractivity (Wildman–Crippen MR) is 240 cm³/mol. The summed E-state index contributed by atoms with van der Waals surface area (Å²) in [5.41, 5.74) is 12.3. The average Bonchev–Trinajstić information content (AvgIpc) is 3.74. The molecule has 0 aliphatic heterocycles. The monoisotopic (exact) mass is 754 g/mol. The van der Waals surface area contributed by atoms with Gasteiger partial charge in [-0.05, 0) is 46.5 Å². The quantitative estimate of drug-likeness (QED) is 0.152. The largest absolute Gasteiger partial charge is 0.292 e. The van der Waals surface area contributed by atoms with E-state index < -0.39 is 0 Å². The zero-order valence-electron chi connectivity index (χ0n) is 31.8. The Morgan fingerprint density at radius 3 is 1.25 bits per heavy atom. The molecule has 0 N–H and O–H groups in total. The third-order valence-corrected chi connectivity index (χ3v) is 10.9. The van der Waals surface area contributed by atoms with Crippen molar-refractivity contribution in [3.8, 4) is 73.5 Å². The van der Waals surface area contributed by atoms with E-state index in [1.165, 1.54) is 5.56 Å². The number of aromatic nitrogens is 6. The third kappa shape index (κ3) is 6.20. The van der Waals surface area contributed by atoms with Gasteiger partial charge < -0.3 is 0 Å². The van der Waals surface area contributed by atoms with Crippen LogP contribution in [-0.2, 0) is 0 Å². The number of benzene rings is 8. The fourth-order valence-electron chi connectivity index (χ4n) is 8.00. The number of nitrogens with zero attached hydrogens (tertiary/aromatic N) is 6. The summed E-state index contributed by atoms with van der Waals surface area (Å²) in [6, 6.07) is 69.1. The van der Waals surface area contributed by atoms with Crippen LogP contribution in [0.25, 0.3) is 106 Å². The minimum atomic E-state index is 0.623. The van der Waals surface area contributed by atoms with E-state index in [1.54, 1.807) is 0 Å². The lowest BCUT2D eigenvalue weighted by Crippen LogP contribution is -2.00. The van der Waals surface area contributed by atoms with Crippen LogP contribution in [0.15, 0.2) is 206 Å². The van der Waals surface area contributed by atoms with Crippen molar-refractivity contribution in [3.05, 3.63) is 206 Å². The molecule has 0 aliphatic rings. The number of imidazole rings is 1. The summed E-state index contributed by atoms with van der Waals surface area (Å²) in [7, 11) is 0. The van der Waals surface area contributed by atoms with Gasteiger partial charge in [0, 0.05) is 50.3 Å². The third-order valence-electron chi connectivity index (χ3n) is 10.9. The normalized spacial score (nSPS) is 11.4. The minimum Gasteiger partial charge on any atom is -0.292 e. The lowest BCUT2D eigenvalue weighted by Gasteiger charge is -2.12. The number of pyridine rings is 1. The molecule has 0 bridgehead atoms. The summed E-state index contributed by atoms with van der Waals surface area (Å²) < 4.78 is 2.29. The van der Waals surface area contributed by atoms with Crippen molar-refractivity contribution in [3.63, 3.8) is 0 Å². The predicted octanol–water partition coefficient (Wildman–Crippen LogP) is 12.9. The highest BCUT2D eigenvalue weighted by molar-refractivity contribution is 6.23. The molecule has 0 unspecified atom stereocenters. The second-order valence-corrected chi connectivity index (χ2v) is 14.5. The number of hydrogen-bond acceptors (Lipinski definition) is 5. The van der Waals surface area contributed by atoms with Gasteiger partial charge in [0.1, 0.15) is 5.82 Å². The van der Waals surface area contributed by atoms with Gasteiger partial charge in [0.15, 0.2) is 17.5 Å². The van der Waals surface area contributed by atoms with Crippen LogP contribution in [0, 0.1) is 0 Å². The number of hydrogen-bond donors (Lipinski definition) is 0. The molecule has 0 radical (unpaired) electrons. The van der Waals surface area contributed by atoms with Crippen LogP contribution in [0.1, 0.15) is 0 Å². The van der Waals surface area contributed by atoms with Crippen LogP contribution in [-0.4, -0.2) is 29.5 Å². The zero-order chi connectivity index (χ0) is 39.1. The number of fused-ring (bicyclic) bond motifs is 6. The molecular weight excluding hydrogens is 721 g/mol. The fraction of sp³-hybridized carbons (Fsp3) is 0. The molecule has 0 aliphatic carbocycles. The molecular formula is C53H34N6. The molecule has 59 heavy (non-hydrogen) atoms. The molecule has 0 spiro atoms. The van der Waals surface area contributed by atoms with Crippen molar-refractivity contribution in [1.29, 1.82) is 0 Å². The van der Waals surface area contributed by atoms with Gasteiger partial charge in [0.25, 0.3) is 0 Å². The van der Waals surface area contributed by atoms with Crippen LogP contribution in [0.4, 0.5) is 0 Å². The van der Waals surface area contributed by atoms with Gasteiger partial charge in [-0.25, -0.2) is 19.9 Å². The van der Waals surface area contributed by atoms with Crippen LogP contribution in [0.3, 0.4) is 0 Å². The second-order valence-electron chi connectivity index (χ2n) is 14.5. The zero-order valence-corrected chi connectivity index (χ0v) is 31.8. The first-order chi connectivity index (χ1) is 29.2. The molecule has 6 nitrogen and oxygen atoms in total. The molecule has 0 amide bonds. The van der Waals surface area contributed by atoms with Gasteiger partial charge >= 0.3 is 0 Å². The molecule has 0 fully saturated rings. The van der Waals surface area contributed by atoms with E-state index in [-0.39, 0.29) is 0 Å². The highest BCUT2D eigenvalue weighted by atomic mass is 15.1. The Labute approximate surface area is 340 Å². The molecule has 3 aromatic heterocycles. The van der Waals surface area contributed by atoms with Crippen molar-refractivity contribution in [1.82, 2.24) is 29.5 Å². The van der Waals surface area contributed by atoms with E-state index in [0.29, 0.717) is 17.5 Å². The van der Waals surface area contributed by atoms with Crippen molar-refractivity contribution in [2.24, 2.45) is 0 Å². The minimum absolute atomic E-state index is 0.623. The highest BCUT2D eigenvalue weighted by Gasteiger charge is 2.21. The van der Waals surface area contributed by atoms with Gasteiger partial charge in [-0.3, -0.25) is 9.55 Å². The van der Waals surface area contributed by atoms with Crippen LogP contribution in [0.5, 0.6) is 0 Å². The topological polar surface area (TPSA) is 69.4 Å². The summed E-state index contributed by atoms with van der Waals surface area (Å²) in [6.45, 7) is 0. The first-order valence-electron chi connectivity index (χ1n) is 19.7. The van der Waals surface area contributed by atoms with Crippen molar-refractivity contribution in [2.75, 3.05) is 0 Å². The van der Waals surface area contributed by atoms with Crippen LogP contribution in [0.2, 0.25) is 0 Å². The SMILES string of the molecule is c1ccc(-c2ccc(-c3nc(-c4ccccc4)nc(-c4ccc(-c5ccc(-c6nc7c8cccnc8c8ccccc8c7n6-c6ccccc6)cc5)cc4)n3)cc2)cc1. The lowest BCUT2D eigenvalue weighted by molar-refractivity contribution is 1.07. The van der Waals surface area contributed by atoms with Crippen LogP contribution >= 0.6 is 0 Å². The maximum atomic E-state index is 5.37. The van der Waals surface area contributed by atoms with Gasteiger partial charge in [0.05, 0.1) is 16.6 Å². The van der Waals surface area contributed by atoms with Gasteiger partial charge in [0.2, 0.25) is 0 Å². The lowest BCUT2D eigenvalue weighted by atomic mass is 10.0. The average molecular weight is 755 g/mol. The van der Waals surface area contributed by atoms with E-state index in [0.717, 1.165) is 83.2 Å². The van der Waals surface area contributed by atoms with E-state index in [9.17, 15) is 0 Å². The summed E-state index contributed by atoms with van der Waals surface area (Å²) in [6.07, 6.45) is 1.86. The maximum Gasteiger partial charge on any atom is 0.164 e. The molecule has 0 saturated heterocycles. The standard InChI is InChI=1S/C53H34N6/c1-4-13-35(14-5-1)36-22-28-40(29-23-36)51-56-50(39-15-6-2-7-16-39)57-52(58-51)41-30-24-37(25-31-41)38-26-32-42(33-27-38)53-55-48-46-21-12-34-54-47(46)44-19-10-11-20-45(44)49(48)59(53)43-17-8-3-9-18-43/h1-34H.